The van der Waals surface area contributed by atoms with Crippen LogP contribution in [0.2, 0.25) is 0 Å². The maximum absolute atomic E-state index is 4.25. The molecule has 2 rings (SSSR count). The van der Waals surface area contributed by atoms with Crippen LogP contribution >= 0.6 is 0 Å². The van der Waals surface area contributed by atoms with E-state index in [4.69, 9.17) is 0 Å². The van der Waals surface area contributed by atoms with Gasteiger partial charge in [-0.25, -0.2) is 0 Å². The second-order valence-electron chi connectivity index (χ2n) is 7.08. The lowest BCUT2D eigenvalue weighted by Gasteiger charge is -2.18. The molecule has 1 aromatic carbocycles. The van der Waals surface area contributed by atoms with Crippen molar-refractivity contribution in [3.63, 3.8) is 0 Å². The molecule has 0 N–H and O–H groups in total. The van der Waals surface area contributed by atoms with E-state index in [0.29, 0.717) is 5.41 Å². The van der Waals surface area contributed by atoms with E-state index in [9.17, 15) is 0 Å². The van der Waals surface area contributed by atoms with Gasteiger partial charge in [0.2, 0.25) is 0 Å². The van der Waals surface area contributed by atoms with Crippen LogP contribution in [-0.2, 0) is 10.8 Å². The summed E-state index contributed by atoms with van der Waals surface area (Å²) < 4.78 is 0. The fraction of sp³-hybridized carbons (Fsp3) is 0.522. The lowest BCUT2D eigenvalue weighted by Crippen LogP contribution is -2.12. The van der Waals surface area contributed by atoms with Crippen LogP contribution in [0.5, 0.6) is 0 Å². The van der Waals surface area contributed by atoms with Crippen molar-refractivity contribution in [3.8, 4) is 0 Å². The molecule has 1 heteroatoms. The van der Waals surface area contributed by atoms with Crippen LogP contribution in [0.25, 0.3) is 0 Å². The largest absolute Gasteiger partial charge is 0.261 e. The maximum Gasteiger partial charge on any atom is 0.0457 e. The topological polar surface area (TPSA) is 12.9 Å². The van der Waals surface area contributed by atoms with Crippen LogP contribution in [0.4, 0.5) is 0 Å². The molecule has 0 unspecified atom stereocenters. The molecule has 0 bridgehead atoms. The van der Waals surface area contributed by atoms with Crippen LogP contribution in [0.15, 0.2) is 54.7 Å². The molecule has 0 spiro atoms. The Morgan fingerprint density at radius 2 is 1.04 bits per heavy atom. The third-order valence-corrected chi connectivity index (χ3v) is 3.07. The van der Waals surface area contributed by atoms with Gasteiger partial charge >= 0.3 is 0 Å². The lowest BCUT2D eigenvalue weighted by atomic mass is 9.87. The Kier molecular flexibility index (Phi) is 13.1. The van der Waals surface area contributed by atoms with E-state index in [1.54, 1.807) is 0 Å². The summed E-state index contributed by atoms with van der Waals surface area (Å²) in [7, 11) is 0. The molecule has 0 aliphatic heterocycles. The summed E-state index contributed by atoms with van der Waals surface area (Å²) in [4.78, 5) is 4.25. The molecule has 0 aliphatic carbocycles. The van der Waals surface area contributed by atoms with Gasteiger partial charge in [0, 0.05) is 17.3 Å². The van der Waals surface area contributed by atoms with Crippen LogP contribution in [0.3, 0.4) is 0 Å². The van der Waals surface area contributed by atoms with Gasteiger partial charge < -0.3 is 0 Å². The van der Waals surface area contributed by atoms with E-state index in [1.807, 2.05) is 46.0 Å². The van der Waals surface area contributed by atoms with Gasteiger partial charge in [0.15, 0.2) is 0 Å². The average molecular weight is 330 g/mol. The van der Waals surface area contributed by atoms with Crippen molar-refractivity contribution in [1.29, 1.82) is 0 Å². The fourth-order valence-corrected chi connectivity index (χ4v) is 1.74. The van der Waals surface area contributed by atoms with Crippen molar-refractivity contribution in [1.82, 2.24) is 4.98 Å². The van der Waals surface area contributed by atoms with E-state index < -0.39 is 0 Å². The van der Waals surface area contributed by atoms with Gasteiger partial charge in [-0.3, -0.25) is 4.98 Å². The molecule has 0 radical (unpaired) electrons. The zero-order chi connectivity index (χ0) is 19.2. The zero-order valence-corrected chi connectivity index (χ0v) is 17.6. The highest BCUT2D eigenvalue weighted by Crippen LogP contribution is 2.20. The van der Waals surface area contributed by atoms with Gasteiger partial charge in [0.1, 0.15) is 0 Å². The Morgan fingerprint density at radius 3 is 1.29 bits per heavy atom. The summed E-state index contributed by atoms with van der Waals surface area (Å²) in [6, 6.07) is 16.6. The first-order chi connectivity index (χ1) is 11.2. The van der Waals surface area contributed by atoms with Gasteiger partial charge in [-0.1, -0.05) is 106 Å². The number of pyridine rings is 1. The standard InChI is InChI=1S/C10H14.C9H13N.2C2H6/c1-10(2,3)9-7-5-4-6-8-9;1-9(2,3)8-6-4-5-7-10-8;2*1-2/h4-8H,1-3H3;4-7H,1-3H3;2*1-2H3. The van der Waals surface area contributed by atoms with Gasteiger partial charge in [-0.15, -0.1) is 0 Å². The minimum absolute atomic E-state index is 0.182. The second-order valence-corrected chi connectivity index (χ2v) is 7.08. The summed E-state index contributed by atoms with van der Waals surface area (Å²) in [5.74, 6) is 0. The van der Waals surface area contributed by atoms with Crippen LogP contribution in [-0.4, -0.2) is 4.98 Å². The van der Waals surface area contributed by atoms with E-state index in [1.165, 1.54) is 5.56 Å². The lowest BCUT2D eigenvalue weighted by molar-refractivity contribution is 0.569. The minimum atomic E-state index is 0.182. The Labute approximate surface area is 151 Å². The van der Waals surface area contributed by atoms with E-state index >= 15 is 0 Å². The van der Waals surface area contributed by atoms with Crippen molar-refractivity contribution >= 4 is 0 Å². The van der Waals surface area contributed by atoms with Crippen molar-refractivity contribution in [2.75, 3.05) is 0 Å². The third-order valence-electron chi connectivity index (χ3n) is 3.07. The number of hydrogen-bond acceptors (Lipinski definition) is 1. The highest BCUT2D eigenvalue weighted by atomic mass is 14.7. The van der Waals surface area contributed by atoms with Crippen molar-refractivity contribution < 1.29 is 0 Å². The zero-order valence-electron chi connectivity index (χ0n) is 17.6. The summed E-state index contributed by atoms with van der Waals surface area (Å²) in [6.07, 6.45) is 1.83. The molecule has 1 heterocycles. The molecule has 0 saturated carbocycles. The molecular formula is C23H39N. The monoisotopic (exact) mass is 329 g/mol. The molecule has 0 saturated heterocycles. The maximum atomic E-state index is 4.25. The summed E-state index contributed by atoms with van der Waals surface area (Å²) >= 11 is 0. The summed E-state index contributed by atoms with van der Waals surface area (Å²) in [5, 5.41) is 0. The first kappa shape index (κ1) is 24.6. The Morgan fingerprint density at radius 1 is 0.583 bits per heavy atom. The highest BCUT2D eigenvalue weighted by Gasteiger charge is 2.13. The fourth-order valence-electron chi connectivity index (χ4n) is 1.74. The van der Waals surface area contributed by atoms with Crippen LogP contribution in [0, 0.1) is 0 Å². The number of rotatable bonds is 0. The van der Waals surface area contributed by atoms with Gasteiger partial charge in [0.25, 0.3) is 0 Å². The Bertz CT molecular complexity index is 438. The molecule has 2 aromatic rings. The minimum Gasteiger partial charge on any atom is -0.261 e. The van der Waals surface area contributed by atoms with Crippen molar-refractivity contribution in [3.05, 3.63) is 66.0 Å². The molecule has 136 valence electrons. The molecule has 0 aliphatic rings. The predicted octanol–water partition coefficient (Wildman–Crippen LogP) is 7.42. The number of hydrogen-bond donors (Lipinski definition) is 0. The van der Waals surface area contributed by atoms with Crippen LogP contribution < -0.4 is 0 Å². The molecule has 24 heavy (non-hydrogen) atoms. The van der Waals surface area contributed by atoms with E-state index in [0.717, 1.165) is 5.69 Å². The first-order valence-electron chi connectivity index (χ1n) is 9.18. The van der Waals surface area contributed by atoms with Crippen molar-refractivity contribution in [2.45, 2.75) is 80.1 Å². The first-order valence-corrected chi connectivity index (χ1v) is 9.18. The second kappa shape index (κ2) is 12.8. The number of benzene rings is 1. The summed E-state index contributed by atoms with van der Waals surface area (Å²) in [6.45, 7) is 21.2. The Hall–Kier alpha value is -1.63. The molecule has 0 atom stereocenters. The average Bonchev–Trinajstić information content (AvgIpc) is 2.59. The molecule has 1 nitrogen and oxygen atoms in total. The highest BCUT2D eigenvalue weighted by molar-refractivity contribution is 5.22. The third kappa shape index (κ3) is 11.0. The number of nitrogens with zero attached hydrogens (tertiary/aromatic N) is 1. The van der Waals surface area contributed by atoms with E-state index in [2.05, 4.69) is 82.9 Å². The van der Waals surface area contributed by atoms with Gasteiger partial charge in [0.05, 0.1) is 0 Å². The molecule has 0 fully saturated rings. The molecule has 0 amide bonds. The molecular weight excluding hydrogens is 290 g/mol. The normalized spacial score (nSPS) is 10.1. The predicted molar refractivity (Wildman–Crippen MR) is 111 cm³/mol. The number of aromatic nitrogens is 1. The molecule has 1 aromatic heterocycles. The SMILES string of the molecule is CC.CC.CC(C)(C)c1ccccc1.CC(C)(C)c1ccccn1. The summed E-state index contributed by atoms with van der Waals surface area (Å²) in [5.41, 5.74) is 3.02. The Balaban J connectivity index is 0. The van der Waals surface area contributed by atoms with Crippen LogP contribution in [0.1, 0.15) is 80.5 Å². The quantitative estimate of drug-likeness (QED) is 0.490. The van der Waals surface area contributed by atoms with E-state index in [-0.39, 0.29) is 5.41 Å². The van der Waals surface area contributed by atoms with Gasteiger partial charge in [-0.05, 0) is 23.1 Å². The van der Waals surface area contributed by atoms with Gasteiger partial charge in [-0.2, -0.15) is 0 Å². The van der Waals surface area contributed by atoms with Crippen molar-refractivity contribution in [2.24, 2.45) is 0 Å². The smallest absolute Gasteiger partial charge is 0.0457 e.